The highest BCUT2D eigenvalue weighted by molar-refractivity contribution is 14.1. The quantitative estimate of drug-likeness (QED) is 0.571. The molecule has 1 aliphatic heterocycles. The van der Waals surface area contributed by atoms with Gasteiger partial charge in [0.15, 0.2) is 0 Å². The molecule has 3 rings (SSSR count). The summed E-state index contributed by atoms with van der Waals surface area (Å²) in [5.74, 6) is 0.0815. The molecule has 1 heterocycles. The summed E-state index contributed by atoms with van der Waals surface area (Å²) in [4.78, 5) is 14.3. The predicted molar refractivity (Wildman–Crippen MR) is 117 cm³/mol. The second-order valence-electron chi connectivity index (χ2n) is 6.64. The lowest BCUT2D eigenvalue weighted by Crippen LogP contribution is -2.43. The highest BCUT2D eigenvalue weighted by atomic mass is 127. The first-order valence-corrected chi connectivity index (χ1v) is 10.4. The molecule has 2 aromatic rings. The number of halogens is 1. The summed E-state index contributed by atoms with van der Waals surface area (Å²) in [7, 11) is 0. The van der Waals surface area contributed by atoms with E-state index in [0.29, 0.717) is 26.3 Å². The fraction of sp³-hybridized carbons (Fsp3) is 0.381. The summed E-state index contributed by atoms with van der Waals surface area (Å²) in [5, 5.41) is 6.66. The minimum Gasteiger partial charge on any atom is -0.379 e. The first-order chi connectivity index (χ1) is 13.2. The maximum absolute atomic E-state index is 12.2. The van der Waals surface area contributed by atoms with Crippen molar-refractivity contribution in [1.82, 2.24) is 10.2 Å². The van der Waals surface area contributed by atoms with Crippen LogP contribution >= 0.6 is 22.6 Å². The predicted octanol–water partition coefficient (Wildman–Crippen LogP) is 3.28. The van der Waals surface area contributed by atoms with Crippen molar-refractivity contribution in [2.75, 3.05) is 44.7 Å². The normalized spacial score (nSPS) is 15.9. The fourth-order valence-electron chi connectivity index (χ4n) is 3.13. The average molecular weight is 479 g/mol. The van der Waals surface area contributed by atoms with E-state index in [4.69, 9.17) is 4.74 Å². The van der Waals surface area contributed by atoms with Crippen LogP contribution in [0.15, 0.2) is 54.6 Å². The van der Waals surface area contributed by atoms with Crippen LogP contribution in [0.25, 0.3) is 0 Å². The Bertz CT molecular complexity index is 703. The van der Waals surface area contributed by atoms with E-state index in [9.17, 15) is 4.79 Å². The van der Waals surface area contributed by atoms with Crippen LogP contribution < -0.4 is 10.6 Å². The van der Waals surface area contributed by atoms with Gasteiger partial charge < -0.3 is 15.4 Å². The minimum atomic E-state index is 0.0815. The molecule has 1 saturated heterocycles. The van der Waals surface area contributed by atoms with Crippen LogP contribution in [0.4, 0.5) is 5.69 Å². The van der Waals surface area contributed by atoms with Gasteiger partial charge in [0.05, 0.1) is 25.8 Å². The Morgan fingerprint density at radius 3 is 2.48 bits per heavy atom. The third-order valence-electron chi connectivity index (χ3n) is 4.61. The number of anilines is 1. The van der Waals surface area contributed by atoms with Gasteiger partial charge in [-0.05, 0) is 58.8 Å². The molecule has 144 valence electrons. The van der Waals surface area contributed by atoms with Crippen molar-refractivity contribution >= 4 is 34.2 Å². The molecule has 1 fully saturated rings. The SMILES string of the molecule is O=C(CN1CCOCC1)NCCC(Nc1ccc(I)cc1)c1ccccc1. The molecule has 0 aliphatic carbocycles. The van der Waals surface area contributed by atoms with Crippen molar-refractivity contribution in [2.24, 2.45) is 0 Å². The third kappa shape index (κ3) is 6.79. The van der Waals surface area contributed by atoms with Crippen molar-refractivity contribution in [1.29, 1.82) is 0 Å². The van der Waals surface area contributed by atoms with E-state index in [0.717, 1.165) is 25.2 Å². The molecule has 5 nitrogen and oxygen atoms in total. The van der Waals surface area contributed by atoms with Gasteiger partial charge in [0.1, 0.15) is 0 Å². The van der Waals surface area contributed by atoms with Crippen LogP contribution in [0, 0.1) is 3.57 Å². The van der Waals surface area contributed by atoms with Crippen LogP contribution in [0.2, 0.25) is 0 Å². The number of morpholine rings is 1. The van der Waals surface area contributed by atoms with E-state index in [1.165, 1.54) is 9.13 Å². The maximum Gasteiger partial charge on any atom is 0.234 e. The highest BCUT2D eigenvalue weighted by Crippen LogP contribution is 2.23. The van der Waals surface area contributed by atoms with Gasteiger partial charge in [-0.25, -0.2) is 0 Å². The molecule has 27 heavy (non-hydrogen) atoms. The van der Waals surface area contributed by atoms with E-state index >= 15 is 0 Å². The molecule has 1 unspecified atom stereocenters. The Hall–Kier alpha value is -1.64. The smallest absolute Gasteiger partial charge is 0.234 e. The second-order valence-corrected chi connectivity index (χ2v) is 7.89. The average Bonchev–Trinajstić information content (AvgIpc) is 2.70. The molecular formula is C21H26IN3O2. The summed E-state index contributed by atoms with van der Waals surface area (Å²) in [6.45, 7) is 4.17. The minimum absolute atomic E-state index is 0.0815. The van der Waals surface area contributed by atoms with Crippen LogP contribution in [0.3, 0.4) is 0 Å². The molecule has 0 aromatic heterocycles. The number of rotatable bonds is 8. The van der Waals surface area contributed by atoms with E-state index in [2.05, 4.69) is 86.7 Å². The molecule has 1 aliphatic rings. The van der Waals surface area contributed by atoms with Gasteiger partial charge in [-0.3, -0.25) is 9.69 Å². The Labute approximate surface area is 174 Å². The van der Waals surface area contributed by atoms with Crippen LogP contribution in [0.1, 0.15) is 18.0 Å². The van der Waals surface area contributed by atoms with Crippen molar-refractivity contribution in [3.05, 3.63) is 63.7 Å². The van der Waals surface area contributed by atoms with Gasteiger partial charge in [-0.15, -0.1) is 0 Å². The number of amides is 1. The number of nitrogens with zero attached hydrogens (tertiary/aromatic N) is 1. The van der Waals surface area contributed by atoms with Crippen molar-refractivity contribution in [2.45, 2.75) is 12.5 Å². The van der Waals surface area contributed by atoms with Crippen LogP contribution in [-0.4, -0.2) is 50.2 Å². The van der Waals surface area contributed by atoms with Gasteiger partial charge in [-0.1, -0.05) is 30.3 Å². The largest absolute Gasteiger partial charge is 0.379 e. The Balaban J connectivity index is 1.53. The molecule has 0 radical (unpaired) electrons. The Kier molecular flexibility index (Phi) is 7.92. The van der Waals surface area contributed by atoms with Crippen molar-refractivity contribution in [3.8, 4) is 0 Å². The summed E-state index contributed by atoms with van der Waals surface area (Å²) >= 11 is 2.31. The second kappa shape index (κ2) is 10.6. The molecule has 2 aromatic carbocycles. The zero-order valence-corrected chi connectivity index (χ0v) is 17.5. The molecule has 1 amide bonds. The van der Waals surface area contributed by atoms with Gasteiger partial charge in [0.2, 0.25) is 5.91 Å². The lowest BCUT2D eigenvalue weighted by molar-refractivity contribution is -0.123. The van der Waals surface area contributed by atoms with Crippen molar-refractivity contribution < 1.29 is 9.53 Å². The first kappa shape index (κ1) is 20.1. The zero-order chi connectivity index (χ0) is 18.9. The lowest BCUT2D eigenvalue weighted by atomic mass is 10.0. The first-order valence-electron chi connectivity index (χ1n) is 9.34. The number of ether oxygens (including phenoxy) is 1. The molecule has 0 bridgehead atoms. The Morgan fingerprint density at radius 2 is 1.78 bits per heavy atom. The van der Waals surface area contributed by atoms with Crippen LogP contribution in [-0.2, 0) is 9.53 Å². The third-order valence-corrected chi connectivity index (χ3v) is 5.33. The van der Waals surface area contributed by atoms with Gasteiger partial charge >= 0.3 is 0 Å². The van der Waals surface area contributed by atoms with E-state index in [1.54, 1.807) is 0 Å². The van der Waals surface area contributed by atoms with Crippen LogP contribution in [0.5, 0.6) is 0 Å². The van der Waals surface area contributed by atoms with E-state index in [-0.39, 0.29) is 11.9 Å². The molecule has 1 atom stereocenters. The monoisotopic (exact) mass is 479 g/mol. The lowest BCUT2D eigenvalue weighted by Gasteiger charge is -2.26. The molecular weight excluding hydrogens is 453 g/mol. The fourth-order valence-corrected chi connectivity index (χ4v) is 3.49. The number of benzene rings is 2. The van der Waals surface area contributed by atoms with Crippen molar-refractivity contribution in [3.63, 3.8) is 0 Å². The van der Waals surface area contributed by atoms with E-state index < -0.39 is 0 Å². The number of nitrogens with one attached hydrogen (secondary N) is 2. The van der Waals surface area contributed by atoms with Gasteiger partial charge in [0.25, 0.3) is 0 Å². The summed E-state index contributed by atoms with van der Waals surface area (Å²) in [5.41, 5.74) is 2.31. The number of hydrogen-bond acceptors (Lipinski definition) is 4. The molecule has 6 heteroatoms. The zero-order valence-electron chi connectivity index (χ0n) is 15.4. The van der Waals surface area contributed by atoms with Gasteiger partial charge in [-0.2, -0.15) is 0 Å². The standard InChI is InChI=1S/C21H26IN3O2/c22-18-6-8-19(9-7-18)24-20(17-4-2-1-3-5-17)10-11-23-21(26)16-25-12-14-27-15-13-25/h1-9,20,24H,10-16H2,(H,23,26). The number of hydrogen-bond donors (Lipinski definition) is 2. The summed E-state index contributed by atoms with van der Waals surface area (Å²) in [6.07, 6.45) is 0.824. The molecule has 0 spiro atoms. The topological polar surface area (TPSA) is 53.6 Å². The van der Waals surface area contributed by atoms with Gasteiger partial charge in [0, 0.05) is 28.9 Å². The number of carbonyl (C=O) groups excluding carboxylic acids is 1. The Morgan fingerprint density at radius 1 is 1.07 bits per heavy atom. The summed E-state index contributed by atoms with van der Waals surface area (Å²) < 4.78 is 6.54. The maximum atomic E-state index is 12.2. The van der Waals surface area contributed by atoms with E-state index in [1.807, 2.05) is 6.07 Å². The highest BCUT2D eigenvalue weighted by Gasteiger charge is 2.15. The summed E-state index contributed by atoms with van der Waals surface area (Å²) in [6, 6.07) is 18.9. The molecule has 2 N–H and O–H groups in total. The number of carbonyl (C=O) groups is 1. The molecule has 0 saturated carbocycles.